The molecule has 0 amide bonds. The monoisotopic (exact) mass is 852 g/mol. The van der Waals surface area contributed by atoms with Gasteiger partial charge in [0.05, 0.1) is 0 Å². The molecule has 0 saturated carbocycles. The van der Waals surface area contributed by atoms with Gasteiger partial charge in [0, 0.05) is 0 Å². The third-order valence-corrected chi connectivity index (χ3v) is 9.03. The van der Waals surface area contributed by atoms with E-state index in [9.17, 15) is 0 Å². The van der Waals surface area contributed by atoms with Gasteiger partial charge in [-0.2, -0.15) is 113 Å². The van der Waals surface area contributed by atoms with Crippen molar-refractivity contribution in [2.45, 2.75) is 107 Å². The number of rotatable bonds is 1. The summed E-state index contributed by atoms with van der Waals surface area (Å²) in [5.74, 6) is 0.573. The van der Waals surface area contributed by atoms with Crippen LogP contribution in [0.4, 0.5) is 0 Å². The van der Waals surface area contributed by atoms with E-state index < -0.39 is 0 Å². The molecule has 2 aliphatic carbocycles. The van der Waals surface area contributed by atoms with Gasteiger partial charge in [0.1, 0.15) is 0 Å². The molecule has 0 radical (unpaired) electrons. The molecule has 5 heteroatoms. The molecule has 4 aromatic carbocycles. The topological polar surface area (TPSA) is 0 Å². The molecule has 0 aliphatic heterocycles. The van der Waals surface area contributed by atoms with Gasteiger partial charge in [-0.05, 0) is 35.4 Å². The van der Waals surface area contributed by atoms with E-state index in [-0.39, 0.29) is 35.6 Å². The van der Waals surface area contributed by atoms with E-state index in [2.05, 4.69) is 142 Å². The molecule has 0 nitrogen and oxygen atoms in total. The maximum absolute atomic E-state index is 5.51. The molecular formula is C47H58Cl4Zr-4. The Kier molecular flexibility index (Phi) is 21.9. The van der Waals surface area contributed by atoms with Crippen molar-refractivity contribution in [2.75, 3.05) is 0 Å². The molecule has 1 atom stereocenters. The zero-order valence-electron chi connectivity index (χ0n) is 33.3. The Morgan fingerprint density at radius 3 is 1.60 bits per heavy atom. The van der Waals surface area contributed by atoms with Crippen LogP contribution in [0.5, 0.6) is 0 Å². The molecule has 2 aliphatic rings. The van der Waals surface area contributed by atoms with Crippen LogP contribution in [0.15, 0.2) is 84.5 Å². The third-order valence-electron chi connectivity index (χ3n) is 8.56. The van der Waals surface area contributed by atoms with Crippen LogP contribution >= 0.6 is 48.0 Å². The molecule has 0 aromatic heterocycles. The van der Waals surface area contributed by atoms with Crippen LogP contribution in [0.1, 0.15) is 109 Å². The van der Waals surface area contributed by atoms with Gasteiger partial charge in [-0.25, -0.2) is 6.08 Å². The van der Waals surface area contributed by atoms with Crippen molar-refractivity contribution in [1.82, 2.24) is 0 Å². The summed E-state index contributed by atoms with van der Waals surface area (Å²) >= 11 is 12.3. The summed E-state index contributed by atoms with van der Waals surface area (Å²) in [6.45, 7) is 27.2. The first-order valence-electron chi connectivity index (χ1n) is 17.4. The van der Waals surface area contributed by atoms with Crippen LogP contribution in [0.2, 0.25) is 10.0 Å². The van der Waals surface area contributed by atoms with E-state index in [0.29, 0.717) is 11.3 Å². The first-order valence-corrected chi connectivity index (χ1v) is 19.9. The second kappa shape index (κ2) is 22.6. The van der Waals surface area contributed by atoms with Crippen molar-refractivity contribution < 1.29 is 24.2 Å². The van der Waals surface area contributed by atoms with Gasteiger partial charge >= 0.3 is 28.4 Å². The van der Waals surface area contributed by atoms with Crippen LogP contribution in [-0.4, -0.2) is 4.21 Å². The molecule has 0 bridgehead atoms. The van der Waals surface area contributed by atoms with E-state index >= 15 is 0 Å². The normalized spacial score (nSPS) is 13.6. The zero-order valence-corrected chi connectivity index (χ0v) is 38.9. The van der Waals surface area contributed by atoms with E-state index in [1.165, 1.54) is 80.7 Å². The first-order chi connectivity index (χ1) is 23.3. The third kappa shape index (κ3) is 15.6. The predicted molar refractivity (Wildman–Crippen MR) is 232 cm³/mol. The summed E-state index contributed by atoms with van der Waals surface area (Å²) in [7, 11) is 0. The van der Waals surface area contributed by atoms with E-state index in [1.54, 1.807) is 12.1 Å². The van der Waals surface area contributed by atoms with Crippen molar-refractivity contribution in [3.63, 3.8) is 0 Å². The van der Waals surface area contributed by atoms with Gasteiger partial charge in [0.25, 0.3) is 0 Å². The number of fused-ring (bicyclic) bond motifs is 3. The van der Waals surface area contributed by atoms with Crippen LogP contribution in [-0.2, 0) is 41.5 Å². The standard InChI is InChI=1S/C23H29.C11H17.2C6H4Cl.CH2.2ClH.Zr/c1-14-9-16-11-17-10-15(2)21(23(6,7)8)13-19(17)18(16)12-20(14)22(3,4)5;1-5-9-6-7-10(8-9)11(2,3)4;2*7-6-4-2-1-3-5-6;;;;/h9,12-13H,11H2,1-8H3;7-9H,5H2,1-4H3;2*1-2,4-5H;1H2;2*1H;/q4*-1;;;;. The number of aryl methyl sites for hydroxylation is 2. The second-order valence-corrected chi connectivity index (χ2v) is 16.7. The molecule has 0 fully saturated rings. The fraction of sp³-hybridized carbons (Fsp3) is 0.383. The first kappa shape index (κ1) is 50.3. The Morgan fingerprint density at radius 1 is 0.750 bits per heavy atom. The van der Waals surface area contributed by atoms with Crippen molar-refractivity contribution in [2.24, 2.45) is 11.3 Å². The van der Waals surface area contributed by atoms with Gasteiger partial charge in [-0.15, -0.1) is 41.5 Å². The van der Waals surface area contributed by atoms with Crippen molar-refractivity contribution in [1.29, 1.82) is 0 Å². The van der Waals surface area contributed by atoms with Crippen molar-refractivity contribution in [3.8, 4) is 11.1 Å². The SMILES string of the molecule is CCC1[C-]=CC(C(C)(C)C)=C1.Cc1[c-]c2c(cc1C(C)(C)C)-c1cc(C(C)(C)C)c(C)cc1C2.Cl.Cl.Clc1c[c-]ccc1.Clc1c[c-]ccc1.[CH2]=[Zr]. The number of halogens is 4. The maximum atomic E-state index is 5.51. The van der Waals surface area contributed by atoms with Crippen LogP contribution in [0, 0.1) is 49.5 Å². The summed E-state index contributed by atoms with van der Waals surface area (Å²) in [6.07, 6.45) is 10.0. The molecule has 0 N–H and O–H groups in total. The quantitative estimate of drug-likeness (QED) is 0.147. The van der Waals surface area contributed by atoms with E-state index in [0.717, 1.165) is 16.5 Å². The molecule has 52 heavy (non-hydrogen) atoms. The number of hydrogen-bond acceptors (Lipinski definition) is 0. The fourth-order valence-electron chi connectivity index (χ4n) is 5.98. The average molecular weight is 856 g/mol. The Hall–Kier alpha value is -1.73. The van der Waals surface area contributed by atoms with Crippen molar-refractivity contribution >= 4 is 52.2 Å². The molecule has 0 spiro atoms. The van der Waals surface area contributed by atoms with Crippen LogP contribution in [0.3, 0.4) is 0 Å². The predicted octanol–water partition coefficient (Wildman–Crippen LogP) is 14.7. The summed E-state index contributed by atoms with van der Waals surface area (Å²) in [5.41, 5.74) is 13.3. The summed E-state index contributed by atoms with van der Waals surface area (Å²) in [4.78, 5) is 0. The summed E-state index contributed by atoms with van der Waals surface area (Å²) < 4.78 is 3.34. The fourth-order valence-corrected chi connectivity index (χ4v) is 6.25. The molecular weight excluding hydrogens is 798 g/mol. The van der Waals surface area contributed by atoms with Gasteiger partial charge in [0.15, 0.2) is 0 Å². The minimum atomic E-state index is 0. The van der Waals surface area contributed by atoms with Crippen LogP contribution < -0.4 is 0 Å². The average Bonchev–Trinajstić information content (AvgIpc) is 3.66. The minimum absolute atomic E-state index is 0. The Labute approximate surface area is 355 Å². The molecule has 0 saturated heterocycles. The Morgan fingerprint density at radius 2 is 1.25 bits per heavy atom. The second-order valence-electron chi connectivity index (χ2n) is 15.8. The molecule has 6 rings (SSSR count). The molecule has 282 valence electrons. The van der Waals surface area contributed by atoms with E-state index in [4.69, 9.17) is 23.2 Å². The van der Waals surface area contributed by atoms with Crippen molar-refractivity contribution in [3.05, 3.63) is 152 Å². The number of benzene rings is 4. The summed E-state index contributed by atoms with van der Waals surface area (Å²) in [6, 6.07) is 31.0. The van der Waals surface area contributed by atoms with Crippen LogP contribution in [0.25, 0.3) is 11.1 Å². The van der Waals surface area contributed by atoms with Gasteiger partial charge in [0.2, 0.25) is 0 Å². The zero-order chi connectivity index (χ0) is 37.9. The number of allylic oxidation sites excluding steroid dienone is 4. The van der Waals surface area contributed by atoms with Gasteiger partial charge in [-0.1, -0.05) is 127 Å². The Bertz CT molecular complexity index is 1610. The molecule has 4 aromatic rings. The molecule has 0 heterocycles. The van der Waals surface area contributed by atoms with E-state index in [1.807, 2.05) is 36.4 Å². The number of hydrogen-bond donors (Lipinski definition) is 0. The Balaban J connectivity index is 0.000000745. The summed E-state index contributed by atoms with van der Waals surface area (Å²) in [5, 5.41) is 1.48. The van der Waals surface area contributed by atoms with Gasteiger partial charge in [-0.3, -0.25) is 6.08 Å². The van der Waals surface area contributed by atoms with Gasteiger partial charge < -0.3 is 0 Å². The molecule has 1 unspecified atom stereocenters.